The van der Waals surface area contributed by atoms with Crippen LogP contribution < -0.4 is 5.73 Å². The number of rotatable bonds is 2. The molecule has 0 radical (unpaired) electrons. The molecule has 2 rings (SSSR count). The van der Waals surface area contributed by atoms with Crippen molar-refractivity contribution in [2.24, 2.45) is 5.73 Å². The lowest BCUT2D eigenvalue weighted by atomic mass is 10.1. The molecule has 1 heterocycles. The van der Waals surface area contributed by atoms with E-state index in [2.05, 4.69) is 15.7 Å². The van der Waals surface area contributed by atoms with Crippen molar-refractivity contribution in [2.45, 2.75) is 6.42 Å². The van der Waals surface area contributed by atoms with E-state index in [4.69, 9.17) is 5.73 Å². The van der Waals surface area contributed by atoms with E-state index in [1.165, 1.54) is 17.1 Å². The van der Waals surface area contributed by atoms with E-state index in [-0.39, 0.29) is 0 Å². The van der Waals surface area contributed by atoms with Crippen LogP contribution in [-0.4, -0.2) is 16.1 Å². The number of nitrogens with two attached hydrogens (primary N) is 1. The van der Waals surface area contributed by atoms with Crippen LogP contribution in [0.25, 0.3) is 10.2 Å². The van der Waals surface area contributed by atoms with Crippen molar-refractivity contribution in [3.05, 3.63) is 23.8 Å². The molecule has 3 nitrogen and oxygen atoms in total. The van der Waals surface area contributed by atoms with Crippen molar-refractivity contribution in [2.75, 3.05) is 6.54 Å². The summed E-state index contributed by atoms with van der Waals surface area (Å²) in [5.74, 6) is 0. The molecule has 62 valence electrons. The van der Waals surface area contributed by atoms with E-state index in [0.717, 1.165) is 16.6 Å². The lowest BCUT2D eigenvalue weighted by Crippen LogP contribution is -2.02. The zero-order chi connectivity index (χ0) is 8.39. The molecule has 0 amide bonds. The Morgan fingerprint density at radius 1 is 1.42 bits per heavy atom. The van der Waals surface area contributed by atoms with Crippen LogP contribution in [0.4, 0.5) is 0 Å². The van der Waals surface area contributed by atoms with Crippen molar-refractivity contribution in [3.63, 3.8) is 0 Å². The lowest BCUT2D eigenvalue weighted by molar-refractivity contribution is 0.970. The lowest BCUT2D eigenvalue weighted by Gasteiger charge is -1.95. The predicted molar refractivity (Wildman–Crippen MR) is 50.2 cm³/mol. The minimum Gasteiger partial charge on any atom is -0.330 e. The van der Waals surface area contributed by atoms with E-state index in [1.54, 1.807) is 0 Å². The second-order valence-electron chi connectivity index (χ2n) is 2.61. The Hall–Kier alpha value is -1.00. The fraction of sp³-hybridized carbons (Fsp3) is 0.250. The largest absolute Gasteiger partial charge is 0.330 e. The van der Waals surface area contributed by atoms with E-state index in [0.29, 0.717) is 6.54 Å². The van der Waals surface area contributed by atoms with Crippen molar-refractivity contribution < 1.29 is 0 Å². The van der Waals surface area contributed by atoms with Gasteiger partial charge in [-0.2, -0.15) is 0 Å². The molecule has 0 spiro atoms. The van der Waals surface area contributed by atoms with Crippen LogP contribution in [0.5, 0.6) is 0 Å². The molecule has 0 saturated heterocycles. The van der Waals surface area contributed by atoms with Gasteiger partial charge in [-0.25, -0.2) is 0 Å². The SMILES string of the molecule is NCCc1ccc2snnc2c1. The summed E-state index contributed by atoms with van der Waals surface area (Å²) >= 11 is 1.42. The van der Waals surface area contributed by atoms with E-state index in [9.17, 15) is 0 Å². The molecule has 1 aromatic heterocycles. The van der Waals surface area contributed by atoms with E-state index in [1.807, 2.05) is 12.1 Å². The Morgan fingerprint density at radius 3 is 3.17 bits per heavy atom. The van der Waals surface area contributed by atoms with Crippen molar-refractivity contribution in [1.82, 2.24) is 9.59 Å². The first-order valence-corrected chi connectivity index (χ1v) is 4.58. The molecule has 12 heavy (non-hydrogen) atoms. The molecule has 4 heteroatoms. The maximum Gasteiger partial charge on any atom is 0.106 e. The Labute approximate surface area is 74.4 Å². The smallest absolute Gasteiger partial charge is 0.106 e. The average molecular weight is 179 g/mol. The summed E-state index contributed by atoms with van der Waals surface area (Å²) < 4.78 is 5.00. The number of hydrogen-bond acceptors (Lipinski definition) is 4. The fourth-order valence-corrected chi connectivity index (χ4v) is 1.69. The number of nitrogens with zero attached hydrogens (tertiary/aromatic N) is 2. The van der Waals surface area contributed by atoms with Gasteiger partial charge in [-0.15, -0.1) is 5.10 Å². The van der Waals surface area contributed by atoms with Gasteiger partial charge in [0.1, 0.15) is 5.52 Å². The third kappa shape index (κ3) is 1.31. The minimum atomic E-state index is 0.684. The van der Waals surface area contributed by atoms with Crippen LogP contribution in [0.2, 0.25) is 0 Å². The average Bonchev–Trinajstić information content (AvgIpc) is 2.51. The van der Waals surface area contributed by atoms with Gasteiger partial charge < -0.3 is 5.73 Å². The number of fused-ring (bicyclic) bond motifs is 1. The zero-order valence-corrected chi connectivity index (χ0v) is 7.34. The first-order chi connectivity index (χ1) is 5.90. The first-order valence-electron chi connectivity index (χ1n) is 3.81. The quantitative estimate of drug-likeness (QED) is 0.753. The highest BCUT2D eigenvalue weighted by atomic mass is 32.1. The molecule has 0 unspecified atom stereocenters. The highest BCUT2D eigenvalue weighted by molar-refractivity contribution is 7.12. The van der Waals surface area contributed by atoms with Gasteiger partial charge >= 0.3 is 0 Å². The molecule has 1 aromatic carbocycles. The number of hydrogen-bond donors (Lipinski definition) is 1. The molecule has 0 fully saturated rings. The number of aromatic nitrogens is 2. The minimum absolute atomic E-state index is 0.684. The van der Waals surface area contributed by atoms with Gasteiger partial charge in [0, 0.05) is 0 Å². The second-order valence-corrected chi connectivity index (χ2v) is 3.40. The van der Waals surface area contributed by atoms with E-state index < -0.39 is 0 Å². The van der Waals surface area contributed by atoms with Gasteiger partial charge in [0.15, 0.2) is 0 Å². The Balaban J connectivity index is 2.46. The Kier molecular flexibility index (Phi) is 2.01. The van der Waals surface area contributed by atoms with Crippen molar-refractivity contribution >= 4 is 21.7 Å². The predicted octanol–water partition coefficient (Wildman–Crippen LogP) is 1.19. The normalized spacial score (nSPS) is 10.8. The summed E-state index contributed by atoms with van der Waals surface area (Å²) in [4.78, 5) is 0. The van der Waals surface area contributed by atoms with Crippen LogP contribution in [0.3, 0.4) is 0 Å². The van der Waals surface area contributed by atoms with Gasteiger partial charge in [0.2, 0.25) is 0 Å². The molecule has 0 saturated carbocycles. The topological polar surface area (TPSA) is 51.8 Å². The molecular formula is C8H9N3S. The second kappa shape index (κ2) is 3.16. The monoisotopic (exact) mass is 179 g/mol. The van der Waals surface area contributed by atoms with Gasteiger partial charge in [0.05, 0.1) is 4.70 Å². The maximum atomic E-state index is 5.45. The van der Waals surface area contributed by atoms with Gasteiger partial charge in [-0.1, -0.05) is 10.6 Å². The highest BCUT2D eigenvalue weighted by Gasteiger charge is 1.98. The first kappa shape index (κ1) is 7.64. The molecular weight excluding hydrogens is 170 g/mol. The van der Waals surface area contributed by atoms with Gasteiger partial charge in [-0.3, -0.25) is 0 Å². The van der Waals surface area contributed by atoms with Gasteiger partial charge in [-0.05, 0) is 42.2 Å². The summed E-state index contributed by atoms with van der Waals surface area (Å²) in [5.41, 5.74) is 7.66. The molecule has 0 aliphatic heterocycles. The van der Waals surface area contributed by atoms with Crippen LogP contribution in [0, 0.1) is 0 Å². The maximum absolute atomic E-state index is 5.45. The van der Waals surface area contributed by atoms with Crippen LogP contribution in [0.1, 0.15) is 5.56 Å². The van der Waals surface area contributed by atoms with Crippen molar-refractivity contribution in [3.8, 4) is 0 Å². The summed E-state index contributed by atoms with van der Waals surface area (Å²) in [6, 6.07) is 6.17. The Bertz CT molecular complexity index is 382. The Morgan fingerprint density at radius 2 is 2.33 bits per heavy atom. The molecule has 0 bridgehead atoms. The summed E-state index contributed by atoms with van der Waals surface area (Å²) in [5, 5.41) is 3.99. The molecule has 2 N–H and O–H groups in total. The number of benzene rings is 1. The summed E-state index contributed by atoms with van der Waals surface area (Å²) in [6.45, 7) is 0.684. The molecule has 2 aromatic rings. The molecule has 0 atom stereocenters. The highest BCUT2D eigenvalue weighted by Crippen LogP contribution is 2.16. The van der Waals surface area contributed by atoms with Crippen LogP contribution >= 0.6 is 11.5 Å². The molecule has 0 aliphatic carbocycles. The zero-order valence-electron chi connectivity index (χ0n) is 6.53. The van der Waals surface area contributed by atoms with Crippen LogP contribution in [0.15, 0.2) is 18.2 Å². The third-order valence-corrected chi connectivity index (χ3v) is 2.45. The van der Waals surface area contributed by atoms with E-state index >= 15 is 0 Å². The van der Waals surface area contributed by atoms with Crippen molar-refractivity contribution in [1.29, 1.82) is 0 Å². The van der Waals surface area contributed by atoms with Gasteiger partial charge in [0.25, 0.3) is 0 Å². The summed E-state index contributed by atoms with van der Waals surface area (Å²) in [6.07, 6.45) is 0.910. The standard InChI is InChI=1S/C8H9N3S/c9-4-3-6-1-2-8-7(5-6)10-11-12-8/h1-2,5H,3-4,9H2. The molecule has 0 aliphatic rings. The fourth-order valence-electron chi connectivity index (χ4n) is 1.15. The third-order valence-electron chi connectivity index (χ3n) is 1.74. The summed E-state index contributed by atoms with van der Waals surface area (Å²) in [7, 11) is 0. The van der Waals surface area contributed by atoms with Crippen LogP contribution in [-0.2, 0) is 6.42 Å².